The van der Waals surface area contributed by atoms with E-state index in [1.54, 1.807) is 25.5 Å². The average molecular weight is 259 g/mol. The Morgan fingerprint density at radius 1 is 1.37 bits per heavy atom. The van der Waals surface area contributed by atoms with Crippen molar-refractivity contribution in [1.82, 2.24) is 19.9 Å². The largest absolute Gasteiger partial charge is 0.378 e. The molecule has 2 aromatic heterocycles. The molecule has 0 spiro atoms. The summed E-state index contributed by atoms with van der Waals surface area (Å²) in [7, 11) is 1.59. The van der Waals surface area contributed by atoms with E-state index in [2.05, 4.69) is 32.1 Å². The zero-order valence-electron chi connectivity index (χ0n) is 11.1. The first-order valence-electron chi connectivity index (χ1n) is 6.16. The fourth-order valence-corrected chi connectivity index (χ4v) is 1.77. The molecule has 0 saturated heterocycles. The minimum Gasteiger partial charge on any atom is -0.378 e. The zero-order chi connectivity index (χ0) is 13.7. The number of amides is 1. The Balaban J connectivity index is 2.05. The first-order valence-corrected chi connectivity index (χ1v) is 6.16. The topological polar surface area (TPSA) is 71.8 Å². The molecule has 2 N–H and O–H groups in total. The van der Waals surface area contributed by atoms with Gasteiger partial charge in [-0.3, -0.25) is 9.78 Å². The predicted octanol–water partition coefficient (Wildman–Crippen LogP) is 1.27. The van der Waals surface area contributed by atoms with Crippen LogP contribution in [0.3, 0.4) is 0 Å². The molecule has 1 amide bonds. The Bertz CT molecular complexity index is 564. The summed E-state index contributed by atoms with van der Waals surface area (Å²) in [6.07, 6.45) is 5.34. The van der Waals surface area contributed by atoms with Crippen LogP contribution in [0.1, 0.15) is 23.2 Å². The average Bonchev–Trinajstić information content (AvgIpc) is 2.92. The minimum absolute atomic E-state index is 0.196. The van der Waals surface area contributed by atoms with Crippen molar-refractivity contribution in [3.8, 4) is 0 Å². The summed E-state index contributed by atoms with van der Waals surface area (Å²) < 4.78 is 2.06. The van der Waals surface area contributed by atoms with Crippen LogP contribution in [-0.4, -0.2) is 27.5 Å². The number of imidazole rings is 1. The van der Waals surface area contributed by atoms with Crippen LogP contribution in [0.2, 0.25) is 0 Å². The van der Waals surface area contributed by atoms with Gasteiger partial charge in [-0.05, 0) is 19.1 Å². The van der Waals surface area contributed by atoms with Gasteiger partial charge >= 0.3 is 0 Å². The van der Waals surface area contributed by atoms with Crippen LogP contribution >= 0.6 is 0 Å². The van der Waals surface area contributed by atoms with Gasteiger partial charge in [0.05, 0.1) is 6.54 Å². The molecule has 0 unspecified atom stereocenters. The number of aryl methyl sites for hydroxylation is 1. The van der Waals surface area contributed by atoms with Gasteiger partial charge in [0.15, 0.2) is 0 Å². The summed E-state index contributed by atoms with van der Waals surface area (Å²) in [6, 6.07) is 3.55. The van der Waals surface area contributed by atoms with E-state index in [4.69, 9.17) is 0 Å². The molecule has 0 aliphatic rings. The van der Waals surface area contributed by atoms with E-state index in [9.17, 15) is 4.79 Å². The molecule has 6 nitrogen and oxygen atoms in total. The highest BCUT2D eigenvalue weighted by Gasteiger charge is 2.06. The molecule has 2 aromatic rings. The fourth-order valence-electron chi connectivity index (χ4n) is 1.77. The molecular formula is C13H17N5O. The van der Waals surface area contributed by atoms with Crippen molar-refractivity contribution < 1.29 is 4.79 Å². The minimum atomic E-state index is -0.196. The van der Waals surface area contributed by atoms with E-state index in [1.165, 1.54) is 0 Å². The second kappa shape index (κ2) is 5.99. The predicted molar refractivity (Wildman–Crippen MR) is 72.9 cm³/mol. The number of nitrogens with zero attached hydrogens (tertiary/aromatic N) is 3. The van der Waals surface area contributed by atoms with Gasteiger partial charge in [0.1, 0.15) is 11.5 Å². The number of carbonyl (C=O) groups excluding carboxylic acids is 1. The van der Waals surface area contributed by atoms with Gasteiger partial charge in [-0.25, -0.2) is 4.98 Å². The van der Waals surface area contributed by atoms with Crippen molar-refractivity contribution in [2.24, 2.45) is 0 Å². The van der Waals surface area contributed by atoms with Gasteiger partial charge in [0, 0.05) is 37.9 Å². The summed E-state index contributed by atoms with van der Waals surface area (Å²) in [6.45, 7) is 3.57. The Morgan fingerprint density at radius 2 is 2.21 bits per heavy atom. The SMILES string of the molecule is CCn1ccnc1CNc1ccnc(C(=O)NC)c1. The number of aromatic nitrogens is 3. The second-order valence-corrected chi connectivity index (χ2v) is 3.99. The molecule has 0 atom stereocenters. The van der Waals surface area contributed by atoms with Crippen molar-refractivity contribution in [1.29, 1.82) is 0 Å². The Kier molecular flexibility index (Phi) is 4.12. The molecule has 6 heteroatoms. The quantitative estimate of drug-likeness (QED) is 0.848. The standard InChI is InChI=1S/C13H17N5O/c1-3-18-7-6-16-12(18)9-17-10-4-5-15-11(8-10)13(19)14-2/h4-8H,3,9H2,1-2H3,(H,14,19)(H,15,17). The Morgan fingerprint density at radius 3 is 2.95 bits per heavy atom. The van der Waals surface area contributed by atoms with Crippen LogP contribution in [0.25, 0.3) is 0 Å². The van der Waals surface area contributed by atoms with Crippen molar-refractivity contribution in [2.75, 3.05) is 12.4 Å². The third kappa shape index (κ3) is 3.09. The van der Waals surface area contributed by atoms with E-state index in [0.717, 1.165) is 18.1 Å². The molecule has 19 heavy (non-hydrogen) atoms. The highest BCUT2D eigenvalue weighted by Crippen LogP contribution is 2.09. The van der Waals surface area contributed by atoms with E-state index in [-0.39, 0.29) is 5.91 Å². The maximum atomic E-state index is 11.5. The lowest BCUT2D eigenvalue weighted by atomic mass is 10.3. The lowest BCUT2D eigenvalue weighted by Gasteiger charge is -2.08. The smallest absolute Gasteiger partial charge is 0.269 e. The second-order valence-electron chi connectivity index (χ2n) is 3.99. The number of nitrogens with one attached hydrogen (secondary N) is 2. The molecule has 2 heterocycles. The van der Waals surface area contributed by atoms with Crippen LogP contribution in [0, 0.1) is 0 Å². The molecule has 2 rings (SSSR count). The summed E-state index contributed by atoms with van der Waals surface area (Å²) in [5.74, 6) is 0.763. The Hall–Kier alpha value is -2.37. The van der Waals surface area contributed by atoms with Gasteiger partial charge in [-0.2, -0.15) is 0 Å². The molecule has 0 radical (unpaired) electrons. The van der Waals surface area contributed by atoms with Gasteiger partial charge < -0.3 is 15.2 Å². The third-order valence-corrected chi connectivity index (χ3v) is 2.81. The van der Waals surface area contributed by atoms with Gasteiger partial charge in [0.25, 0.3) is 5.91 Å². The number of hydrogen-bond acceptors (Lipinski definition) is 4. The lowest BCUT2D eigenvalue weighted by molar-refractivity contribution is 0.0958. The van der Waals surface area contributed by atoms with Crippen molar-refractivity contribution in [3.05, 3.63) is 42.2 Å². The number of anilines is 1. The highest BCUT2D eigenvalue weighted by atomic mass is 16.1. The summed E-state index contributed by atoms with van der Waals surface area (Å²) in [5, 5.41) is 5.79. The molecule has 0 fully saturated rings. The lowest BCUT2D eigenvalue weighted by Crippen LogP contribution is -2.19. The number of carbonyl (C=O) groups is 1. The van der Waals surface area contributed by atoms with Crippen molar-refractivity contribution in [3.63, 3.8) is 0 Å². The maximum Gasteiger partial charge on any atom is 0.269 e. The molecule has 0 aromatic carbocycles. The monoisotopic (exact) mass is 259 g/mol. The number of rotatable bonds is 5. The molecular weight excluding hydrogens is 242 g/mol. The van der Waals surface area contributed by atoms with Crippen LogP contribution in [0.5, 0.6) is 0 Å². The first-order chi connectivity index (χ1) is 9.24. The fraction of sp³-hybridized carbons (Fsp3) is 0.308. The molecule has 100 valence electrons. The normalized spacial score (nSPS) is 10.2. The first kappa shape index (κ1) is 13.1. The van der Waals surface area contributed by atoms with Gasteiger partial charge in [0.2, 0.25) is 0 Å². The Labute approximate surface area is 111 Å². The van der Waals surface area contributed by atoms with E-state index in [1.807, 2.05) is 12.3 Å². The highest BCUT2D eigenvalue weighted by molar-refractivity contribution is 5.92. The van der Waals surface area contributed by atoms with Crippen LogP contribution in [-0.2, 0) is 13.1 Å². The van der Waals surface area contributed by atoms with E-state index >= 15 is 0 Å². The van der Waals surface area contributed by atoms with Crippen molar-refractivity contribution in [2.45, 2.75) is 20.0 Å². The van der Waals surface area contributed by atoms with Crippen LogP contribution in [0.15, 0.2) is 30.7 Å². The molecule has 0 aliphatic heterocycles. The third-order valence-electron chi connectivity index (χ3n) is 2.81. The van der Waals surface area contributed by atoms with Gasteiger partial charge in [-0.15, -0.1) is 0 Å². The van der Waals surface area contributed by atoms with E-state index in [0.29, 0.717) is 12.2 Å². The molecule has 0 saturated carbocycles. The van der Waals surface area contributed by atoms with Crippen LogP contribution in [0.4, 0.5) is 5.69 Å². The number of pyridine rings is 1. The summed E-state index contributed by atoms with van der Waals surface area (Å²) >= 11 is 0. The molecule has 0 bridgehead atoms. The van der Waals surface area contributed by atoms with Crippen molar-refractivity contribution >= 4 is 11.6 Å². The summed E-state index contributed by atoms with van der Waals surface area (Å²) in [4.78, 5) is 19.8. The summed E-state index contributed by atoms with van der Waals surface area (Å²) in [5.41, 5.74) is 1.24. The maximum absolute atomic E-state index is 11.5. The molecule has 0 aliphatic carbocycles. The number of hydrogen-bond donors (Lipinski definition) is 2. The van der Waals surface area contributed by atoms with Gasteiger partial charge in [-0.1, -0.05) is 0 Å². The zero-order valence-corrected chi connectivity index (χ0v) is 11.1. The van der Waals surface area contributed by atoms with E-state index < -0.39 is 0 Å². The van der Waals surface area contributed by atoms with Crippen LogP contribution < -0.4 is 10.6 Å².